The number of hydrogen-bond acceptors (Lipinski definition) is 3. The molecule has 1 fully saturated rings. The molecule has 106 valence electrons. The van der Waals surface area contributed by atoms with E-state index in [1.807, 2.05) is 18.2 Å². The molecule has 2 unspecified atom stereocenters. The van der Waals surface area contributed by atoms with Crippen molar-refractivity contribution < 1.29 is 4.79 Å². The Morgan fingerprint density at radius 1 is 1.19 bits per heavy atom. The van der Waals surface area contributed by atoms with Crippen molar-refractivity contribution in [2.45, 2.75) is 24.8 Å². The Morgan fingerprint density at radius 2 is 2.00 bits per heavy atom. The van der Waals surface area contributed by atoms with Crippen molar-refractivity contribution >= 4 is 23.0 Å². The first-order valence-electron chi connectivity index (χ1n) is 7.24. The van der Waals surface area contributed by atoms with Gasteiger partial charge < -0.3 is 16.4 Å². The SMILES string of the molecule is Nc1cc2c(cc1NC1CC1c1ccccc1)NC(=O)C2. The Hall–Kier alpha value is -2.49. The fourth-order valence-electron chi connectivity index (χ4n) is 3.04. The van der Waals surface area contributed by atoms with Crippen molar-refractivity contribution in [1.82, 2.24) is 0 Å². The molecule has 1 aliphatic heterocycles. The van der Waals surface area contributed by atoms with Crippen molar-refractivity contribution in [3.05, 3.63) is 53.6 Å². The summed E-state index contributed by atoms with van der Waals surface area (Å²) in [6, 6.07) is 14.8. The summed E-state index contributed by atoms with van der Waals surface area (Å²) in [5.41, 5.74) is 11.0. The van der Waals surface area contributed by atoms with Crippen LogP contribution in [0.4, 0.5) is 17.1 Å². The molecule has 4 nitrogen and oxygen atoms in total. The van der Waals surface area contributed by atoms with Gasteiger partial charge in [0.05, 0.1) is 17.8 Å². The van der Waals surface area contributed by atoms with Crippen molar-refractivity contribution in [3.63, 3.8) is 0 Å². The number of carbonyl (C=O) groups is 1. The average Bonchev–Trinajstić information content (AvgIpc) is 3.15. The first-order valence-corrected chi connectivity index (χ1v) is 7.24. The van der Waals surface area contributed by atoms with Crippen LogP contribution in [-0.2, 0) is 11.2 Å². The van der Waals surface area contributed by atoms with Crippen LogP contribution < -0.4 is 16.4 Å². The molecule has 2 atom stereocenters. The molecule has 2 aromatic carbocycles. The quantitative estimate of drug-likeness (QED) is 0.757. The van der Waals surface area contributed by atoms with E-state index in [-0.39, 0.29) is 5.91 Å². The van der Waals surface area contributed by atoms with E-state index in [9.17, 15) is 4.79 Å². The summed E-state index contributed by atoms with van der Waals surface area (Å²) < 4.78 is 0. The minimum absolute atomic E-state index is 0.0372. The number of nitrogens with two attached hydrogens (primary N) is 1. The molecular weight excluding hydrogens is 262 g/mol. The van der Waals surface area contributed by atoms with Gasteiger partial charge in [-0.25, -0.2) is 0 Å². The maximum atomic E-state index is 11.4. The predicted octanol–water partition coefficient (Wildman–Crippen LogP) is 2.73. The summed E-state index contributed by atoms with van der Waals surface area (Å²) in [5.74, 6) is 0.587. The predicted molar refractivity (Wildman–Crippen MR) is 84.4 cm³/mol. The van der Waals surface area contributed by atoms with Crippen LogP contribution in [0.3, 0.4) is 0 Å². The highest BCUT2D eigenvalue weighted by atomic mass is 16.1. The van der Waals surface area contributed by atoms with E-state index >= 15 is 0 Å². The molecule has 1 aliphatic carbocycles. The van der Waals surface area contributed by atoms with Crippen molar-refractivity contribution in [2.24, 2.45) is 0 Å². The van der Waals surface area contributed by atoms with Gasteiger partial charge in [-0.05, 0) is 29.7 Å². The third-order valence-electron chi connectivity index (χ3n) is 4.26. The van der Waals surface area contributed by atoms with Crippen LogP contribution >= 0.6 is 0 Å². The molecule has 21 heavy (non-hydrogen) atoms. The Kier molecular flexibility index (Phi) is 2.64. The van der Waals surface area contributed by atoms with Crippen LogP contribution in [0.5, 0.6) is 0 Å². The van der Waals surface area contributed by atoms with Gasteiger partial charge in [-0.15, -0.1) is 0 Å². The second-order valence-electron chi connectivity index (χ2n) is 5.83. The lowest BCUT2D eigenvalue weighted by Gasteiger charge is -2.11. The standard InChI is InChI=1S/C17H17N3O/c18-13-6-11-7-17(21)20-14(11)9-16(13)19-15-8-12(15)10-4-2-1-3-5-10/h1-6,9,12,15,19H,7-8,18H2,(H,20,21). The van der Waals surface area contributed by atoms with Gasteiger partial charge in [0.2, 0.25) is 5.91 Å². The monoisotopic (exact) mass is 279 g/mol. The third kappa shape index (κ3) is 2.23. The Labute approximate surface area is 123 Å². The molecule has 1 amide bonds. The molecule has 0 bridgehead atoms. The van der Waals surface area contributed by atoms with Crippen LogP contribution in [-0.4, -0.2) is 11.9 Å². The van der Waals surface area contributed by atoms with Gasteiger partial charge in [-0.2, -0.15) is 0 Å². The molecule has 0 radical (unpaired) electrons. The number of fused-ring (bicyclic) bond motifs is 1. The van der Waals surface area contributed by atoms with Gasteiger partial charge in [0.25, 0.3) is 0 Å². The highest BCUT2D eigenvalue weighted by Crippen LogP contribution is 2.44. The zero-order valence-electron chi connectivity index (χ0n) is 11.6. The molecule has 1 saturated carbocycles. The maximum Gasteiger partial charge on any atom is 0.228 e. The summed E-state index contributed by atoms with van der Waals surface area (Å²) >= 11 is 0. The number of carbonyl (C=O) groups excluding carboxylic acids is 1. The molecule has 2 aromatic rings. The van der Waals surface area contributed by atoms with E-state index in [0.717, 1.165) is 23.4 Å². The topological polar surface area (TPSA) is 67.2 Å². The fourth-order valence-corrected chi connectivity index (χ4v) is 3.04. The van der Waals surface area contributed by atoms with Crippen LogP contribution in [0.1, 0.15) is 23.5 Å². The summed E-state index contributed by atoms with van der Waals surface area (Å²) in [7, 11) is 0. The minimum Gasteiger partial charge on any atom is -0.397 e. The van der Waals surface area contributed by atoms with E-state index in [2.05, 4.69) is 34.9 Å². The molecule has 1 heterocycles. The molecule has 4 rings (SSSR count). The molecule has 2 aliphatic rings. The van der Waals surface area contributed by atoms with Crippen LogP contribution in [0.15, 0.2) is 42.5 Å². The largest absolute Gasteiger partial charge is 0.397 e. The van der Waals surface area contributed by atoms with E-state index in [1.165, 1.54) is 5.56 Å². The molecule has 4 N–H and O–H groups in total. The molecule has 0 saturated heterocycles. The Balaban J connectivity index is 1.52. The van der Waals surface area contributed by atoms with Crippen LogP contribution in [0, 0.1) is 0 Å². The van der Waals surface area contributed by atoms with E-state index in [4.69, 9.17) is 5.73 Å². The summed E-state index contributed by atoms with van der Waals surface area (Å²) in [6.45, 7) is 0. The lowest BCUT2D eigenvalue weighted by molar-refractivity contribution is -0.115. The zero-order chi connectivity index (χ0) is 14.4. The highest BCUT2D eigenvalue weighted by molar-refractivity contribution is 6.00. The summed E-state index contributed by atoms with van der Waals surface area (Å²) in [5, 5.41) is 6.37. The fraction of sp³-hybridized carbons (Fsp3) is 0.235. The van der Waals surface area contributed by atoms with Gasteiger partial charge in [0.1, 0.15) is 0 Å². The third-order valence-corrected chi connectivity index (χ3v) is 4.26. The molecule has 0 aromatic heterocycles. The average molecular weight is 279 g/mol. The molecule has 4 heteroatoms. The summed E-state index contributed by atoms with van der Waals surface area (Å²) in [6.07, 6.45) is 1.54. The van der Waals surface area contributed by atoms with Gasteiger partial charge >= 0.3 is 0 Å². The minimum atomic E-state index is 0.0372. The van der Waals surface area contributed by atoms with Gasteiger partial charge in [0.15, 0.2) is 0 Å². The Bertz CT molecular complexity index is 711. The number of benzene rings is 2. The van der Waals surface area contributed by atoms with Gasteiger partial charge in [-0.3, -0.25) is 4.79 Å². The Morgan fingerprint density at radius 3 is 2.81 bits per heavy atom. The first-order chi connectivity index (χ1) is 10.2. The summed E-state index contributed by atoms with van der Waals surface area (Å²) in [4.78, 5) is 11.4. The van der Waals surface area contributed by atoms with Crippen LogP contribution in [0.25, 0.3) is 0 Å². The highest BCUT2D eigenvalue weighted by Gasteiger charge is 2.38. The lowest BCUT2D eigenvalue weighted by Crippen LogP contribution is -2.07. The first kappa shape index (κ1) is 12.3. The van der Waals surface area contributed by atoms with Gasteiger partial charge in [-0.1, -0.05) is 30.3 Å². The zero-order valence-corrected chi connectivity index (χ0v) is 11.6. The van der Waals surface area contributed by atoms with E-state index in [1.54, 1.807) is 0 Å². The number of nitrogen functional groups attached to an aromatic ring is 1. The van der Waals surface area contributed by atoms with Crippen molar-refractivity contribution in [2.75, 3.05) is 16.4 Å². The van der Waals surface area contributed by atoms with Crippen molar-refractivity contribution in [3.8, 4) is 0 Å². The smallest absolute Gasteiger partial charge is 0.228 e. The van der Waals surface area contributed by atoms with Crippen LogP contribution in [0.2, 0.25) is 0 Å². The van der Waals surface area contributed by atoms with E-state index in [0.29, 0.717) is 24.1 Å². The second kappa shape index (κ2) is 4.52. The maximum absolute atomic E-state index is 11.4. The number of hydrogen-bond donors (Lipinski definition) is 3. The number of rotatable bonds is 3. The number of nitrogens with one attached hydrogen (secondary N) is 2. The second-order valence-corrected chi connectivity index (χ2v) is 5.83. The number of anilines is 3. The number of amides is 1. The lowest BCUT2D eigenvalue weighted by atomic mass is 10.1. The van der Waals surface area contributed by atoms with E-state index < -0.39 is 0 Å². The molecular formula is C17H17N3O. The van der Waals surface area contributed by atoms with Crippen molar-refractivity contribution in [1.29, 1.82) is 0 Å². The van der Waals surface area contributed by atoms with Gasteiger partial charge in [0, 0.05) is 17.6 Å². The normalized spacial score (nSPS) is 22.6. The molecule has 0 spiro atoms.